The summed E-state index contributed by atoms with van der Waals surface area (Å²) < 4.78 is 16.0. The van der Waals surface area contributed by atoms with Gasteiger partial charge in [-0.25, -0.2) is 9.98 Å². The molecule has 1 heterocycles. The fraction of sp³-hybridized carbons (Fsp3) is 0.700. The third-order valence-corrected chi connectivity index (χ3v) is 3.68. The quantitative estimate of drug-likeness (QED) is 0.194. The van der Waals surface area contributed by atoms with Crippen LogP contribution < -0.4 is 5.73 Å². The van der Waals surface area contributed by atoms with E-state index in [0.29, 0.717) is 0 Å². The minimum absolute atomic E-state index is 0.0499. The van der Waals surface area contributed by atoms with Gasteiger partial charge < -0.3 is 35.9 Å². The first-order valence-corrected chi connectivity index (χ1v) is 7.88. The monoisotopic (exact) mass is 322 g/mol. The standard InChI is InChI=1S/C10H19N4O6P/c1-5(11)9(12)13-4-14-10-8(16)7(15)6(20-10)2-3-21(17,18)19/h4,6-8,10-11,15-16H,2-3H2,1H3,(H2,12,13,14)(H2,17,18,19). The van der Waals surface area contributed by atoms with Gasteiger partial charge in [0.1, 0.15) is 24.4 Å². The van der Waals surface area contributed by atoms with Crippen LogP contribution in [-0.4, -0.2) is 68.6 Å². The topological polar surface area (TPSA) is 182 Å². The molecule has 0 saturated carbocycles. The first kappa shape index (κ1) is 17.9. The lowest BCUT2D eigenvalue weighted by Gasteiger charge is -2.14. The van der Waals surface area contributed by atoms with Gasteiger partial charge in [0.2, 0.25) is 0 Å². The zero-order valence-electron chi connectivity index (χ0n) is 11.3. The summed E-state index contributed by atoms with van der Waals surface area (Å²) in [7, 11) is -4.20. The second-order valence-electron chi connectivity index (χ2n) is 4.63. The van der Waals surface area contributed by atoms with Crippen LogP contribution in [0.1, 0.15) is 13.3 Å². The number of amidine groups is 1. The molecule has 1 saturated heterocycles. The molecule has 120 valence electrons. The van der Waals surface area contributed by atoms with E-state index in [1.807, 2.05) is 0 Å². The lowest BCUT2D eigenvalue weighted by Crippen LogP contribution is -2.32. The van der Waals surface area contributed by atoms with Gasteiger partial charge >= 0.3 is 7.60 Å². The van der Waals surface area contributed by atoms with E-state index in [-0.39, 0.29) is 18.0 Å². The largest absolute Gasteiger partial charge is 0.388 e. The molecule has 0 aliphatic carbocycles. The fourth-order valence-corrected chi connectivity index (χ4v) is 2.24. The maximum atomic E-state index is 10.8. The molecule has 0 bridgehead atoms. The average Bonchev–Trinajstić information content (AvgIpc) is 2.63. The van der Waals surface area contributed by atoms with Gasteiger partial charge in [-0.2, -0.15) is 0 Å². The molecule has 0 aromatic heterocycles. The lowest BCUT2D eigenvalue weighted by atomic mass is 10.1. The SMILES string of the molecule is CC(=N)C(N)=NC=NC1OC(CCP(=O)(O)O)C(O)C1O. The smallest absolute Gasteiger partial charge is 0.325 e. The molecule has 1 aliphatic rings. The Morgan fingerprint density at radius 1 is 1.43 bits per heavy atom. The zero-order valence-corrected chi connectivity index (χ0v) is 12.2. The maximum absolute atomic E-state index is 10.8. The van der Waals surface area contributed by atoms with E-state index in [2.05, 4.69) is 9.98 Å². The molecular weight excluding hydrogens is 303 g/mol. The molecule has 21 heavy (non-hydrogen) atoms. The number of aliphatic imine (C=N–C) groups is 2. The number of ether oxygens (including phenoxy) is 1. The molecule has 1 rings (SSSR count). The molecule has 10 nitrogen and oxygen atoms in total. The second-order valence-corrected chi connectivity index (χ2v) is 6.40. The molecule has 0 radical (unpaired) electrons. The molecule has 4 atom stereocenters. The van der Waals surface area contributed by atoms with E-state index >= 15 is 0 Å². The fourth-order valence-electron chi connectivity index (χ4n) is 1.64. The van der Waals surface area contributed by atoms with Crippen LogP contribution >= 0.6 is 7.60 Å². The van der Waals surface area contributed by atoms with Crippen LogP contribution in [0.25, 0.3) is 0 Å². The van der Waals surface area contributed by atoms with Crippen LogP contribution in [0.5, 0.6) is 0 Å². The summed E-state index contributed by atoms with van der Waals surface area (Å²) in [5.74, 6) is -0.0511. The molecule has 0 aromatic carbocycles. The van der Waals surface area contributed by atoms with Gasteiger partial charge in [0.05, 0.1) is 18.0 Å². The Labute approximate surface area is 121 Å². The molecule has 0 spiro atoms. The Kier molecular flexibility index (Phi) is 6.14. The van der Waals surface area contributed by atoms with Gasteiger partial charge in [-0.3, -0.25) is 4.57 Å². The van der Waals surface area contributed by atoms with Crippen molar-refractivity contribution in [3.63, 3.8) is 0 Å². The van der Waals surface area contributed by atoms with E-state index < -0.39 is 38.3 Å². The van der Waals surface area contributed by atoms with Crippen LogP contribution in [0, 0.1) is 5.41 Å². The summed E-state index contributed by atoms with van der Waals surface area (Å²) >= 11 is 0. The number of aliphatic hydroxyl groups is 2. The van der Waals surface area contributed by atoms with Crippen LogP contribution in [0.2, 0.25) is 0 Å². The predicted molar refractivity (Wildman–Crippen MR) is 75.7 cm³/mol. The Balaban J connectivity index is 2.62. The number of hydrogen-bond donors (Lipinski definition) is 6. The van der Waals surface area contributed by atoms with E-state index in [0.717, 1.165) is 6.34 Å². The number of nitrogens with zero attached hydrogens (tertiary/aromatic N) is 2. The minimum atomic E-state index is -4.20. The van der Waals surface area contributed by atoms with Gasteiger partial charge in [0, 0.05) is 0 Å². The predicted octanol–water partition coefficient (Wildman–Crippen LogP) is -1.57. The molecule has 1 aliphatic heterocycles. The molecule has 11 heteroatoms. The van der Waals surface area contributed by atoms with Crippen molar-refractivity contribution in [1.29, 1.82) is 5.41 Å². The highest BCUT2D eigenvalue weighted by atomic mass is 31.2. The van der Waals surface area contributed by atoms with E-state index in [4.69, 9.17) is 25.7 Å². The van der Waals surface area contributed by atoms with Gasteiger partial charge in [0.15, 0.2) is 6.23 Å². The second kappa shape index (κ2) is 7.21. The Morgan fingerprint density at radius 2 is 2.05 bits per heavy atom. The highest BCUT2D eigenvalue weighted by Crippen LogP contribution is 2.37. The van der Waals surface area contributed by atoms with Crippen molar-refractivity contribution in [2.24, 2.45) is 15.7 Å². The van der Waals surface area contributed by atoms with Crippen molar-refractivity contribution < 1.29 is 29.3 Å². The number of rotatable bonds is 6. The first-order chi connectivity index (χ1) is 9.61. The van der Waals surface area contributed by atoms with Gasteiger partial charge in [0.25, 0.3) is 0 Å². The van der Waals surface area contributed by atoms with Crippen LogP contribution in [-0.2, 0) is 9.30 Å². The maximum Gasteiger partial charge on any atom is 0.325 e. The van der Waals surface area contributed by atoms with Crippen LogP contribution in [0.3, 0.4) is 0 Å². The highest BCUT2D eigenvalue weighted by Gasteiger charge is 2.42. The summed E-state index contributed by atoms with van der Waals surface area (Å²) in [6.07, 6.45) is -4.25. The Bertz CT molecular complexity index is 490. The van der Waals surface area contributed by atoms with Crippen molar-refractivity contribution in [3.05, 3.63) is 0 Å². The highest BCUT2D eigenvalue weighted by molar-refractivity contribution is 7.51. The van der Waals surface area contributed by atoms with Gasteiger partial charge in [-0.1, -0.05) is 0 Å². The zero-order chi connectivity index (χ0) is 16.2. The van der Waals surface area contributed by atoms with E-state index in [9.17, 15) is 14.8 Å². The third kappa shape index (κ3) is 5.62. The molecule has 0 amide bonds. The summed E-state index contributed by atoms with van der Waals surface area (Å²) in [5, 5.41) is 26.6. The molecular formula is C10H19N4O6P. The van der Waals surface area contributed by atoms with Crippen molar-refractivity contribution in [2.45, 2.75) is 37.9 Å². The number of hydrogen-bond acceptors (Lipinski definition) is 6. The summed E-state index contributed by atoms with van der Waals surface area (Å²) in [6, 6.07) is 0. The minimum Gasteiger partial charge on any atom is -0.388 e. The number of aliphatic hydroxyl groups excluding tert-OH is 2. The van der Waals surface area contributed by atoms with Crippen LogP contribution in [0.4, 0.5) is 0 Å². The summed E-state index contributed by atoms with van der Waals surface area (Å²) in [4.78, 5) is 25.0. The summed E-state index contributed by atoms with van der Waals surface area (Å²) in [5.41, 5.74) is 5.43. The lowest BCUT2D eigenvalue weighted by molar-refractivity contribution is 0.0110. The average molecular weight is 322 g/mol. The normalized spacial score (nSPS) is 31.0. The number of nitrogens with one attached hydrogen (secondary N) is 1. The van der Waals surface area contributed by atoms with Crippen molar-refractivity contribution in [2.75, 3.05) is 6.16 Å². The van der Waals surface area contributed by atoms with Gasteiger partial charge in [-0.15, -0.1) is 0 Å². The molecule has 4 unspecified atom stereocenters. The van der Waals surface area contributed by atoms with Crippen molar-refractivity contribution >= 4 is 25.5 Å². The number of nitrogens with two attached hydrogens (primary N) is 1. The van der Waals surface area contributed by atoms with E-state index in [1.54, 1.807) is 0 Å². The van der Waals surface area contributed by atoms with Crippen LogP contribution in [0.15, 0.2) is 9.98 Å². The Morgan fingerprint density at radius 3 is 2.57 bits per heavy atom. The molecule has 0 aromatic rings. The van der Waals surface area contributed by atoms with Crippen molar-refractivity contribution in [3.8, 4) is 0 Å². The third-order valence-electron chi connectivity index (χ3n) is 2.84. The van der Waals surface area contributed by atoms with Crippen molar-refractivity contribution in [1.82, 2.24) is 0 Å². The van der Waals surface area contributed by atoms with Gasteiger partial charge in [-0.05, 0) is 13.3 Å². The molecule has 7 N–H and O–H groups in total. The van der Waals surface area contributed by atoms with E-state index in [1.165, 1.54) is 6.92 Å². The summed E-state index contributed by atoms with van der Waals surface area (Å²) in [6.45, 7) is 1.44. The first-order valence-electron chi connectivity index (χ1n) is 6.08. The molecule has 1 fully saturated rings. The Hall–Kier alpha value is -1.16.